The number of benzene rings is 1. The van der Waals surface area contributed by atoms with Gasteiger partial charge in [0.1, 0.15) is 11.4 Å². The Labute approximate surface area is 132 Å². The van der Waals surface area contributed by atoms with Crippen LogP contribution in [0.15, 0.2) is 42.6 Å². The van der Waals surface area contributed by atoms with Gasteiger partial charge in [-0.2, -0.15) is 0 Å². The number of methoxy groups -OCH3 is 1. The van der Waals surface area contributed by atoms with Crippen molar-refractivity contribution in [2.75, 3.05) is 13.7 Å². The Kier molecular flexibility index (Phi) is 3.94. The third-order valence-electron chi connectivity index (χ3n) is 3.63. The molecular formula is C16H16N4O3. The lowest BCUT2D eigenvalue weighted by Gasteiger charge is -2.06. The molecule has 0 saturated heterocycles. The number of aromatic nitrogens is 2. The van der Waals surface area contributed by atoms with Crippen LogP contribution in [-0.2, 0) is 6.42 Å². The number of rotatable bonds is 5. The molecule has 0 aliphatic heterocycles. The van der Waals surface area contributed by atoms with Crippen molar-refractivity contribution in [2.45, 2.75) is 6.42 Å². The third kappa shape index (κ3) is 2.74. The fraction of sp³-hybridized carbons (Fsp3) is 0.188. The van der Waals surface area contributed by atoms with Crippen LogP contribution in [0.25, 0.3) is 16.9 Å². The molecule has 118 valence electrons. The van der Waals surface area contributed by atoms with Gasteiger partial charge in [-0.15, -0.1) is 0 Å². The van der Waals surface area contributed by atoms with E-state index in [-0.39, 0.29) is 5.69 Å². The lowest BCUT2D eigenvalue weighted by molar-refractivity contribution is -0.385. The second-order valence-corrected chi connectivity index (χ2v) is 5.05. The van der Waals surface area contributed by atoms with Crippen LogP contribution in [-0.4, -0.2) is 28.0 Å². The maximum Gasteiger partial charge on any atom is 0.286 e. The summed E-state index contributed by atoms with van der Waals surface area (Å²) in [6, 6.07) is 10.6. The Morgan fingerprint density at radius 3 is 2.61 bits per heavy atom. The number of hydrogen-bond donors (Lipinski definition) is 1. The number of hydrogen-bond acceptors (Lipinski definition) is 5. The van der Waals surface area contributed by atoms with Crippen LogP contribution >= 0.6 is 0 Å². The van der Waals surface area contributed by atoms with E-state index in [0.29, 0.717) is 18.6 Å². The summed E-state index contributed by atoms with van der Waals surface area (Å²) in [4.78, 5) is 15.2. The predicted molar refractivity (Wildman–Crippen MR) is 86.6 cm³/mol. The van der Waals surface area contributed by atoms with Crippen molar-refractivity contribution in [3.05, 3.63) is 58.4 Å². The topological polar surface area (TPSA) is 95.7 Å². The van der Waals surface area contributed by atoms with Gasteiger partial charge < -0.3 is 10.5 Å². The summed E-state index contributed by atoms with van der Waals surface area (Å²) in [5.74, 6) is 0.744. The van der Waals surface area contributed by atoms with E-state index >= 15 is 0 Å². The normalized spacial score (nSPS) is 10.9. The molecule has 2 aromatic heterocycles. The van der Waals surface area contributed by atoms with Crippen molar-refractivity contribution in [3.8, 4) is 17.0 Å². The smallest absolute Gasteiger partial charge is 0.286 e. The number of nitro groups is 1. The van der Waals surface area contributed by atoms with Crippen LogP contribution in [0.3, 0.4) is 0 Å². The van der Waals surface area contributed by atoms with Crippen molar-refractivity contribution in [3.63, 3.8) is 0 Å². The number of imidazole rings is 1. The first-order chi connectivity index (χ1) is 11.1. The lowest BCUT2D eigenvalue weighted by Crippen LogP contribution is -2.04. The van der Waals surface area contributed by atoms with E-state index in [4.69, 9.17) is 10.5 Å². The van der Waals surface area contributed by atoms with Crippen molar-refractivity contribution in [1.82, 2.24) is 9.38 Å². The summed E-state index contributed by atoms with van der Waals surface area (Å²) in [6.07, 6.45) is 2.08. The van der Waals surface area contributed by atoms with E-state index in [2.05, 4.69) is 4.98 Å². The largest absolute Gasteiger partial charge is 0.497 e. The van der Waals surface area contributed by atoms with Crippen molar-refractivity contribution < 1.29 is 9.66 Å². The number of pyridine rings is 1. The molecule has 0 atom stereocenters. The first kappa shape index (κ1) is 15.0. The highest BCUT2D eigenvalue weighted by molar-refractivity contribution is 5.68. The van der Waals surface area contributed by atoms with Crippen LogP contribution < -0.4 is 10.5 Å². The van der Waals surface area contributed by atoms with Crippen LogP contribution in [0.1, 0.15) is 5.69 Å². The first-order valence-corrected chi connectivity index (χ1v) is 7.14. The van der Waals surface area contributed by atoms with E-state index in [9.17, 15) is 10.1 Å². The molecule has 0 bridgehead atoms. The molecule has 0 fully saturated rings. The molecule has 0 aliphatic carbocycles. The zero-order valence-corrected chi connectivity index (χ0v) is 12.6. The molecule has 3 rings (SSSR count). The van der Waals surface area contributed by atoms with Gasteiger partial charge in [-0.05, 0) is 36.9 Å². The van der Waals surface area contributed by atoms with Gasteiger partial charge in [-0.25, -0.2) is 4.98 Å². The second-order valence-electron chi connectivity index (χ2n) is 5.05. The highest BCUT2D eigenvalue weighted by Crippen LogP contribution is 2.28. The Morgan fingerprint density at radius 2 is 2.00 bits per heavy atom. The minimum absolute atomic E-state index is 0.0176. The molecule has 7 nitrogen and oxygen atoms in total. The van der Waals surface area contributed by atoms with Gasteiger partial charge in [0.05, 0.1) is 29.6 Å². The molecule has 3 aromatic rings. The molecule has 0 saturated carbocycles. The van der Waals surface area contributed by atoms with Gasteiger partial charge in [0.15, 0.2) is 0 Å². The second kappa shape index (κ2) is 6.05. The van der Waals surface area contributed by atoms with E-state index in [1.54, 1.807) is 17.6 Å². The number of fused-ring (bicyclic) bond motifs is 1. The molecule has 0 unspecified atom stereocenters. The molecule has 2 N–H and O–H groups in total. The molecule has 0 radical (unpaired) electrons. The van der Waals surface area contributed by atoms with Crippen molar-refractivity contribution in [2.24, 2.45) is 5.73 Å². The number of nitrogens with two attached hydrogens (primary N) is 1. The Morgan fingerprint density at radius 1 is 1.26 bits per heavy atom. The van der Waals surface area contributed by atoms with Crippen LogP contribution in [0.5, 0.6) is 5.75 Å². The summed E-state index contributed by atoms with van der Waals surface area (Å²) in [6.45, 7) is 0.454. The minimum atomic E-state index is -0.417. The lowest BCUT2D eigenvalue weighted by atomic mass is 10.1. The molecule has 0 spiro atoms. The third-order valence-corrected chi connectivity index (χ3v) is 3.63. The average Bonchev–Trinajstić information content (AvgIpc) is 2.92. The number of nitrogens with zero attached hydrogens (tertiary/aromatic N) is 3. The Hall–Kier alpha value is -2.93. The van der Waals surface area contributed by atoms with Crippen LogP contribution in [0, 0.1) is 10.1 Å². The zero-order valence-electron chi connectivity index (χ0n) is 12.6. The quantitative estimate of drug-likeness (QED) is 0.576. The molecule has 0 amide bonds. The molecule has 23 heavy (non-hydrogen) atoms. The van der Waals surface area contributed by atoms with Gasteiger partial charge in [-0.1, -0.05) is 0 Å². The maximum absolute atomic E-state index is 11.0. The zero-order chi connectivity index (χ0) is 16.4. The highest BCUT2D eigenvalue weighted by atomic mass is 16.6. The van der Waals surface area contributed by atoms with Gasteiger partial charge in [0.2, 0.25) is 0 Å². The summed E-state index contributed by atoms with van der Waals surface area (Å²) in [5.41, 5.74) is 8.89. The minimum Gasteiger partial charge on any atom is -0.497 e. The van der Waals surface area contributed by atoms with E-state index in [1.807, 2.05) is 24.3 Å². The highest BCUT2D eigenvalue weighted by Gasteiger charge is 2.16. The first-order valence-electron chi connectivity index (χ1n) is 7.14. The van der Waals surface area contributed by atoms with Crippen molar-refractivity contribution in [1.29, 1.82) is 0 Å². The predicted octanol–water partition coefficient (Wildman–Crippen LogP) is 2.42. The monoisotopic (exact) mass is 312 g/mol. The fourth-order valence-corrected chi connectivity index (χ4v) is 2.56. The molecular weight excluding hydrogens is 296 g/mol. The molecule has 7 heteroatoms. The van der Waals surface area contributed by atoms with Crippen LogP contribution in [0.4, 0.5) is 5.69 Å². The van der Waals surface area contributed by atoms with Gasteiger partial charge in [0.25, 0.3) is 5.69 Å². The Bertz CT molecular complexity index is 856. The maximum atomic E-state index is 11.0. The van der Waals surface area contributed by atoms with Crippen molar-refractivity contribution >= 4 is 11.3 Å². The van der Waals surface area contributed by atoms with E-state index < -0.39 is 4.92 Å². The van der Waals surface area contributed by atoms with Gasteiger partial charge >= 0.3 is 0 Å². The van der Waals surface area contributed by atoms with Crippen LogP contribution in [0.2, 0.25) is 0 Å². The summed E-state index contributed by atoms with van der Waals surface area (Å²) < 4.78 is 6.91. The SMILES string of the molecule is COc1ccc(-c2c(CCN)nc3ccc([N+](=O)[O-])cn23)cc1. The summed E-state index contributed by atoms with van der Waals surface area (Å²) in [5, 5.41) is 11.0. The molecule has 2 heterocycles. The fourth-order valence-electron chi connectivity index (χ4n) is 2.56. The average molecular weight is 312 g/mol. The Balaban J connectivity index is 2.23. The number of ether oxygens (including phenoxy) is 1. The van der Waals surface area contributed by atoms with E-state index in [0.717, 1.165) is 22.7 Å². The summed E-state index contributed by atoms with van der Waals surface area (Å²) >= 11 is 0. The van der Waals surface area contributed by atoms with Gasteiger partial charge in [-0.3, -0.25) is 14.5 Å². The molecule has 0 aliphatic rings. The van der Waals surface area contributed by atoms with E-state index in [1.165, 1.54) is 12.3 Å². The molecule has 1 aromatic carbocycles. The standard InChI is InChI=1S/C16H16N4O3/c1-23-13-5-2-11(3-6-13)16-14(8-9-17)18-15-7-4-12(20(21)22)10-19(15)16/h2-7,10H,8-9,17H2,1H3. The summed E-state index contributed by atoms with van der Waals surface area (Å²) in [7, 11) is 1.60. The van der Waals surface area contributed by atoms with Gasteiger partial charge in [0, 0.05) is 18.1 Å².